The van der Waals surface area contributed by atoms with Gasteiger partial charge in [-0.15, -0.1) is 0 Å². The lowest BCUT2D eigenvalue weighted by molar-refractivity contribution is -0.116. The number of carbonyl (C=O) groups excluding carboxylic acids is 1. The summed E-state index contributed by atoms with van der Waals surface area (Å²) in [6.07, 6.45) is 5.13. The van der Waals surface area contributed by atoms with Gasteiger partial charge in [0, 0.05) is 37.9 Å². The Hall–Kier alpha value is -3.24. The first-order valence-electron chi connectivity index (χ1n) is 11.7. The molecule has 0 atom stereocenters. The molecular formula is C24H28N6O3S. The number of aromatic amines is 1. The molecule has 5 rings (SSSR count). The van der Waals surface area contributed by atoms with Crippen LogP contribution in [-0.2, 0) is 27.8 Å². The minimum absolute atomic E-state index is 0.116. The van der Waals surface area contributed by atoms with E-state index in [0.29, 0.717) is 30.7 Å². The van der Waals surface area contributed by atoms with Crippen LogP contribution in [0.1, 0.15) is 38.4 Å². The molecule has 2 aromatic carbocycles. The summed E-state index contributed by atoms with van der Waals surface area (Å²) in [6.45, 7) is 3.97. The normalized spacial score (nSPS) is 14.9. The average Bonchev–Trinajstić information content (AvgIpc) is 3.58. The molecule has 1 fully saturated rings. The van der Waals surface area contributed by atoms with Crippen molar-refractivity contribution in [1.29, 1.82) is 0 Å². The van der Waals surface area contributed by atoms with Crippen LogP contribution in [0.4, 0.5) is 5.69 Å². The maximum atomic E-state index is 13.0. The summed E-state index contributed by atoms with van der Waals surface area (Å²) < 4.78 is 29.6. The monoisotopic (exact) mass is 480 g/mol. The Balaban J connectivity index is 1.37. The summed E-state index contributed by atoms with van der Waals surface area (Å²) in [5, 5.41) is 10.8. The number of para-hydroxylation sites is 1. The lowest BCUT2D eigenvalue weighted by atomic mass is 10.2. The second kappa shape index (κ2) is 9.19. The lowest BCUT2D eigenvalue weighted by Gasteiger charge is -2.15. The van der Waals surface area contributed by atoms with Crippen molar-refractivity contribution in [2.75, 3.05) is 18.4 Å². The number of imidazole rings is 1. The van der Waals surface area contributed by atoms with Crippen molar-refractivity contribution in [3.8, 4) is 0 Å². The van der Waals surface area contributed by atoms with Crippen LogP contribution in [0.15, 0.2) is 47.5 Å². The van der Waals surface area contributed by atoms with E-state index in [0.717, 1.165) is 48.1 Å². The van der Waals surface area contributed by atoms with E-state index in [9.17, 15) is 13.2 Å². The highest BCUT2D eigenvalue weighted by atomic mass is 32.2. The number of amides is 1. The number of carbonyl (C=O) groups is 1. The highest BCUT2D eigenvalue weighted by molar-refractivity contribution is 7.89. The number of H-pyrrole nitrogens is 1. The number of fused-ring (bicyclic) bond motifs is 2. The van der Waals surface area contributed by atoms with Crippen LogP contribution in [0.2, 0.25) is 0 Å². The Labute approximate surface area is 198 Å². The topological polar surface area (TPSA) is 113 Å². The van der Waals surface area contributed by atoms with Gasteiger partial charge in [-0.2, -0.15) is 9.40 Å². The third-order valence-corrected chi connectivity index (χ3v) is 8.17. The molecular weight excluding hydrogens is 452 g/mol. The Kier molecular flexibility index (Phi) is 6.09. The second-order valence-corrected chi connectivity index (χ2v) is 10.6. The van der Waals surface area contributed by atoms with Crippen molar-refractivity contribution < 1.29 is 13.2 Å². The highest BCUT2D eigenvalue weighted by Gasteiger charge is 2.28. The smallest absolute Gasteiger partial charge is 0.243 e. The molecule has 1 saturated heterocycles. The average molecular weight is 481 g/mol. The molecule has 1 aliphatic rings. The van der Waals surface area contributed by atoms with E-state index in [4.69, 9.17) is 4.98 Å². The van der Waals surface area contributed by atoms with E-state index in [1.54, 1.807) is 22.6 Å². The van der Waals surface area contributed by atoms with Gasteiger partial charge in [-0.3, -0.25) is 9.89 Å². The zero-order valence-corrected chi connectivity index (χ0v) is 19.9. The predicted octanol–water partition coefficient (Wildman–Crippen LogP) is 3.68. The van der Waals surface area contributed by atoms with Gasteiger partial charge in [0.25, 0.3) is 0 Å². The van der Waals surface area contributed by atoms with Gasteiger partial charge in [0.2, 0.25) is 15.9 Å². The molecule has 0 aliphatic carbocycles. The molecule has 178 valence electrons. The number of nitrogens with zero attached hydrogens (tertiary/aromatic N) is 4. The van der Waals surface area contributed by atoms with Crippen molar-refractivity contribution in [2.45, 2.75) is 50.5 Å². The van der Waals surface area contributed by atoms with Crippen LogP contribution >= 0.6 is 0 Å². The van der Waals surface area contributed by atoms with Gasteiger partial charge >= 0.3 is 0 Å². The number of hydrogen-bond donors (Lipinski definition) is 2. The molecule has 1 aliphatic heterocycles. The minimum atomic E-state index is -3.51. The fraction of sp³-hybridized carbons (Fsp3) is 0.375. The lowest BCUT2D eigenvalue weighted by Crippen LogP contribution is -2.27. The van der Waals surface area contributed by atoms with Gasteiger partial charge in [-0.1, -0.05) is 19.1 Å². The first-order chi connectivity index (χ1) is 16.5. The van der Waals surface area contributed by atoms with Crippen molar-refractivity contribution in [2.24, 2.45) is 0 Å². The summed E-state index contributed by atoms with van der Waals surface area (Å²) in [5.74, 6) is 0.664. The van der Waals surface area contributed by atoms with Crippen molar-refractivity contribution in [3.63, 3.8) is 0 Å². The second-order valence-electron chi connectivity index (χ2n) is 8.63. The fourth-order valence-electron chi connectivity index (χ4n) is 4.57. The predicted molar refractivity (Wildman–Crippen MR) is 131 cm³/mol. The Morgan fingerprint density at radius 3 is 2.79 bits per heavy atom. The molecule has 2 N–H and O–H groups in total. The summed E-state index contributed by atoms with van der Waals surface area (Å²) in [4.78, 5) is 17.7. The molecule has 0 unspecified atom stereocenters. The number of anilines is 1. The SMILES string of the molecule is CCCn1c(CCC(=O)Nc2cccc3cn[nH]c23)nc2cc(S(=O)(=O)N3CCCC3)ccc21. The van der Waals surface area contributed by atoms with E-state index in [-0.39, 0.29) is 17.2 Å². The molecule has 34 heavy (non-hydrogen) atoms. The van der Waals surface area contributed by atoms with Crippen LogP contribution in [0, 0.1) is 0 Å². The largest absolute Gasteiger partial charge is 0.328 e. The molecule has 2 aromatic heterocycles. The number of aryl methyl sites for hydroxylation is 2. The zero-order chi connectivity index (χ0) is 23.7. The summed E-state index contributed by atoms with van der Waals surface area (Å²) in [6, 6.07) is 10.8. The van der Waals surface area contributed by atoms with E-state index < -0.39 is 10.0 Å². The van der Waals surface area contributed by atoms with Crippen molar-refractivity contribution in [1.82, 2.24) is 24.1 Å². The van der Waals surface area contributed by atoms with Crippen LogP contribution in [0.5, 0.6) is 0 Å². The molecule has 9 nitrogen and oxygen atoms in total. The minimum Gasteiger partial charge on any atom is -0.328 e. The quantitative estimate of drug-likeness (QED) is 0.399. The van der Waals surface area contributed by atoms with Crippen LogP contribution < -0.4 is 5.32 Å². The molecule has 4 aromatic rings. The van der Waals surface area contributed by atoms with Crippen LogP contribution in [0.25, 0.3) is 21.9 Å². The maximum absolute atomic E-state index is 13.0. The summed E-state index contributed by atoms with van der Waals surface area (Å²) in [7, 11) is -3.51. The van der Waals surface area contributed by atoms with Crippen molar-refractivity contribution >= 4 is 43.6 Å². The molecule has 10 heteroatoms. The molecule has 3 heterocycles. The van der Waals surface area contributed by atoms with Gasteiger partial charge in [0.1, 0.15) is 5.82 Å². The number of rotatable bonds is 8. The first-order valence-corrected chi connectivity index (χ1v) is 13.1. The molecule has 0 spiro atoms. The summed E-state index contributed by atoms with van der Waals surface area (Å²) >= 11 is 0. The number of hydrogen-bond acceptors (Lipinski definition) is 5. The van der Waals surface area contributed by atoms with E-state index in [1.807, 2.05) is 24.3 Å². The third-order valence-electron chi connectivity index (χ3n) is 6.28. The van der Waals surface area contributed by atoms with Crippen LogP contribution in [0.3, 0.4) is 0 Å². The molecule has 0 radical (unpaired) electrons. The van der Waals surface area contributed by atoms with Gasteiger partial charge in [-0.25, -0.2) is 13.4 Å². The number of nitrogens with one attached hydrogen (secondary N) is 2. The highest BCUT2D eigenvalue weighted by Crippen LogP contribution is 2.26. The first kappa shape index (κ1) is 22.5. The van der Waals surface area contributed by atoms with E-state index >= 15 is 0 Å². The Bertz CT molecular complexity index is 1450. The van der Waals surface area contributed by atoms with Gasteiger partial charge in [-0.05, 0) is 43.5 Å². The zero-order valence-electron chi connectivity index (χ0n) is 19.1. The molecule has 0 bridgehead atoms. The summed E-state index contributed by atoms with van der Waals surface area (Å²) in [5.41, 5.74) is 3.02. The van der Waals surface area contributed by atoms with E-state index in [2.05, 4.69) is 27.0 Å². The van der Waals surface area contributed by atoms with Gasteiger partial charge in [0.05, 0.1) is 33.3 Å². The standard InChI is InChI=1S/C24H28N6O3S/c1-2-12-30-21-9-8-18(34(32,33)29-13-3-4-14-29)15-20(21)26-22(30)10-11-23(31)27-19-7-5-6-17-16-25-28-24(17)19/h5-9,15-16H,2-4,10-14H2,1H3,(H,25,28)(H,27,31). The number of aromatic nitrogens is 4. The Morgan fingerprint density at radius 1 is 1.18 bits per heavy atom. The van der Waals surface area contributed by atoms with Crippen LogP contribution in [-0.4, -0.2) is 51.5 Å². The molecule has 1 amide bonds. The fourth-order valence-corrected chi connectivity index (χ4v) is 6.11. The number of sulfonamides is 1. The number of benzene rings is 2. The maximum Gasteiger partial charge on any atom is 0.243 e. The Morgan fingerprint density at radius 2 is 2.00 bits per heavy atom. The molecule has 0 saturated carbocycles. The van der Waals surface area contributed by atoms with E-state index in [1.165, 1.54) is 0 Å². The van der Waals surface area contributed by atoms with Gasteiger partial charge in [0.15, 0.2) is 0 Å². The third kappa shape index (κ3) is 4.19. The van der Waals surface area contributed by atoms with Gasteiger partial charge < -0.3 is 9.88 Å². The van der Waals surface area contributed by atoms with Crippen molar-refractivity contribution in [3.05, 3.63) is 48.4 Å².